The fourth-order valence-electron chi connectivity index (χ4n) is 3.60. The molecule has 2 atom stereocenters. The predicted octanol–water partition coefficient (Wildman–Crippen LogP) is 4.87. The summed E-state index contributed by atoms with van der Waals surface area (Å²) in [6.07, 6.45) is 1.97. The Bertz CT molecular complexity index is 776. The van der Waals surface area contributed by atoms with E-state index in [0.29, 0.717) is 10.0 Å². The molecule has 0 aliphatic carbocycles. The minimum absolute atomic E-state index is 0.0176. The zero-order chi connectivity index (χ0) is 16.1. The monoisotopic (exact) mass is 366 g/mol. The summed E-state index contributed by atoms with van der Waals surface area (Å²) in [5, 5.41) is 3.07. The summed E-state index contributed by atoms with van der Waals surface area (Å²) in [4.78, 5) is 18.5. The van der Waals surface area contributed by atoms with Gasteiger partial charge in [0.1, 0.15) is 6.17 Å². The van der Waals surface area contributed by atoms with E-state index in [0.717, 1.165) is 25.1 Å². The molecule has 3 nitrogen and oxygen atoms in total. The summed E-state index contributed by atoms with van der Waals surface area (Å²) in [5.41, 5.74) is 2.04. The van der Waals surface area contributed by atoms with Crippen molar-refractivity contribution in [3.05, 3.63) is 50.1 Å². The van der Waals surface area contributed by atoms with E-state index in [1.54, 1.807) is 23.5 Å². The average molecular weight is 367 g/mol. The standard InChI is InChI=1S/C17H16Cl2N2OS/c1-10-6-8-23-15(10)16-20-7-2-3-14(20)17(22)21(16)11-4-5-12(18)13(19)9-11/h4-6,8-9,14,16H,2-3,7H2,1H3. The maximum absolute atomic E-state index is 13.0. The maximum atomic E-state index is 13.0. The third kappa shape index (κ3) is 2.40. The molecule has 2 aromatic rings. The molecule has 6 heteroatoms. The first-order chi connectivity index (χ1) is 11.1. The van der Waals surface area contributed by atoms with Gasteiger partial charge in [0.05, 0.1) is 16.1 Å². The van der Waals surface area contributed by atoms with Gasteiger partial charge in [-0.25, -0.2) is 0 Å². The molecule has 1 amide bonds. The van der Waals surface area contributed by atoms with E-state index in [2.05, 4.69) is 23.3 Å². The van der Waals surface area contributed by atoms with Crippen molar-refractivity contribution in [1.82, 2.24) is 4.90 Å². The molecule has 2 aliphatic heterocycles. The molecule has 1 aromatic heterocycles. The molecule has 23 heavy (non-hydrogen) atoms. The van der Waals surface area contributed by atoms with E-state index < -0.39 is 0 Å². The second-order valence-corrected chi connectivity index (χ2v) is 7.81. The largest absolute Gasteiger partial charge is 0.290 e. The number of benzene rings is 1. The molecule has 4 rings (SSSR count). The van der Waals surface area contributed by atoms with Crippen LogP contribution in [0.2, 0.25) is 10.0 Å². The highest BCUT2D eigenvalue weighted by molar-refractivity contribution is 7.10. The third-order valence-electron chi connectivity index (χ3n) is 4.69. The van der Waals surface area contributed by atoms with Crippen LogP contribution in [0.15, 0.2) is 29.6 Å². The Kier molecular flexibility index (Phi) is 3.88. The molecule has 0 N–H and O–H groups in total. The van der Waals surface area contributed by atoms with Crippen LogP contribution in [0.1, 0.15) is 29.4 Å². The molecule has 2 saturated heterocycles. The van der Waals surface area contributed by atoms with Crippen LogP contribution in [-0.4, -0.2) is 23.4 Å². The van der Waals surface area contributed by atoms with Crippen LogP contribution in [0, 0.1) is 6.92 Å². The Hall–Kier alpha value is -1.07. The smallest absolute Gasteiger partial charge is 0.246 e. The molecule has 0 radical (unpaired) electrons. The minimum Gasteiger partial charge on any atom is -0.290 e. The number of thiophene rings is 1. The lowest BCUT2D eigenvalue weighted by Gasteiger charge is -2.29. The van der Waals surface area contributed by atoms with Gasteiger partial charge in [-0.2, -0.15) is 0 Å². The molecule has 2 aliphatic rings. The second kappa shape index (κ2) is 5.78. The molecule has 2 unspecified atom stereocenters. The van der Waals surface area contributed by atoms with E-state index in [1.807, 2.05) is 11.0 Å². The zero-order valence-electron chi connectivity index (χ0n) is 12.6. The Morgan fingerprint density at radius 1 is 1.22 bits per heavy atom. The quantitative estimate of drug-likeness (QED) is 0.756. The van der Waals surface area contributed by atoms with Crippen molar-refractivity contribution in [2.45, 2.75) is 32.0 Å². The predicted molar refractivity (Wildman–Crippen MR) is 95.5 cm³/mol. The van der Waals surface area contributed by atoms with Gasteiger partial charge in [0.15, 0.2) is 0 Å². The summed E-state index contributed by atoms with van der Waals surface area (Å²) < 4.78 is 0. The molecular weight excluding hydrogens is 351 g/mol. The lowest BCUT2D eigenvalue weighted by molar-refractivity contribution is -0.119. The van der Waals surface area contributed by atoms with Gasteiger partial charge in [-0.3, -0.25) is 14.6 Å². The molecule has 0 bridgehead atoms. The normalized spacial score (nSPS) is 24.5. The molecule has 1 aromatic carbocycles. The summed E-state index contributed by atoms with van der Waals surface area (Å²) in [6.45, 7) is 3.06. The summed E-state index contributed by atoms with van der Waals surface area (Å²) >= 11 is 13.9. The van der Waals surface area contributed by atoms with E-state index in [1.165, 1.54) is 10.4 Å². The minimum atomic E-state index is -0.0350. The van der Waals surface area contributed by atoms with Crippen LogP contribution in [0.3, 0.4) is 0 Å². The number of aryl methyl sites for hydroxylation is 1. The van der Waals surface area contributed by atoms with Crippen LogP contribution < -0.4 is 4.90 Å². The molecule has 0 saturated carbocycles. The van der Waals surface area contributed by atoms with Gasteiger partial charge >= 0.3 is 0 Å². The molecule has 0 spiro atoms. The summed E-state index contributed by atoms with van der Waals surface area (Å²) in [7, 11) is 0. The van der Waals surface area contributed by atoms with Gasteiger partial charge in [0, 0.05) is 17.1 Å². The van der Waals surface area contributed by atoms with E-state index in [4.69, 9.17) is 23.2 Å². The first-order valence-electron chi connectivity index (χ1n) is 7.66. The van der Waals surface area contributed by atoms with Gasteiger partial charge in [-0.15, -0.1) is 11.3 Å². The number of anilines is 1. The first-order valence-corrected chi connectivity index (χ1v) is 9.29. The van der Waals surface area contributed by atoms with Gasteiger partial charge in [-0.1, -0.05) is 23.2 Å². The number of hydrogen-bond acceptors (Lipinski definition) is 3. The van der Waals surface area contributed by atoms with Crippen LogP contribution >= 0.6 is 34.5 Å². The van der Waals surface area contributed by atoms with Crippen molar-refractivity contribution >= 4 is 46.1 Å². The topological polar surface area (TPSA) is 23.6 Å². The maximum Gasteiger partial charge on any atom is 0.246 e. The Labute approximate surface area is 149 Å². The van der Waals surface area contributed by atoms with E-state index in [9.17, 15) is 4.79 Å². The summed E-state index contributed by atoms with van der Waals surface area (Å²) in [6, 6.07) is 7.52. The van der Waals surface area contributed by atoms with Gasteiger partial charge in [0.2, 0.25) is 5.91 Å². The van der Waals surface area contributed by atoms with Crippen molar-refractivity contribution in [2.75, 3.05) is 11.4 Å². The molecule has 2 fully saturated rings. The van der Waals surface area contributed by atoms with Crippen molar-refractivity contribution in [3.8, 4) is 0 Å². The Balaban J connectivity index is 1.83. The highest BCUT2D eigenvalue weighted by Crippen LogP contribution is 2.45. The van der Waals surface area contributed by atoms with Gasteiger partial charge in [-0.05, 0) is 55.0 Å². The SMILES string of the molecule is Cc1ccsc1C1N(c2ccc(Cl)c(Cl)c2)C(=O)C2CCCN21. The van der Waals surface area contributed by atoms with Crippen molar-refractivity contribution in [1.29, 1.82) is 0 Å². The number of amides is 1. The number of carbonyl (C=O) groups is 1. The van der Waals surface area contributed by atoms with Gasteiger partial charge < -0.3 is 0 Å². The molecule has 120 valence electrons. The molecular formula is C17H16Cl2N2OS. The number of fused-ring (bicyclic) bond motifs is 1. The van der Waals surface area contributed by atoms with Crippen LogP contribution in [0.5, 0.6) is 0 Å². The lowest BCUT2D eigenvalue weighted by Crippen LogP contribution is -2.32. The fourth-order valence-corrected chi connectivity index (χ4v) is 4.92. The average Bonchev–Trinajstić information content (AvgIpc) is 3.20. The fraction of sp³-hybridized carbons (Fsp3) is 0.353. The first kappa shape index (κ1) is 15.5. The second-order valence-electron chi connectivity index (χ2n) is 6.04. The number of halogens is 2. The number of rotatable bonds is 2. The number of hydrogen-bond donors (Lipinski definition) is 0. The van der Waals surface area contributed by atoms with Crippen LogP contribution in [0.25, 0.3) is 0 Å². The zero-order valence-corrected chi connectivity index (χ0v) is 15.0. The Morgan fingerprint density at radius 2 is 2.04 bits per heavy atom. The number of nitrogens with zero attached hydrogens (tertiary/aromatic N) is 2. The van der Waals surface area contributed by atoms with E-state index in [-0.39, 0.29) is 18.1 Å². The third-order valence-corrected chi connectivity index (χ3v) is 6.49. The highest BCUT2D eigenvalue weighted by atomic mass is 35.5. The van der Waals surface area contributed by atoms with Crippen LogP contribution in [0.4, 0.5) is 5.69 Å². The van der Waals surface area contributed by atoms with Crippen LogP contribution in [-0.2, 0) is 4.79 Å². The van der Waals surface area contributed by atoms with Crippen molar-refractivity contribution in [2.24, 2.45) is 0 Å². The highest BCUT2D eigenvalue weighted by Gasteiger charge is 2.50. The van der Waals surface area contributed by atoms with Crippen molar-refractivity contribution in [3.63, 3.8) is 0 Å². The van der Waals surface area contributed by atoms with Gasteiger partial charge in [0.25, 0.3) is 0 Å². The molecule has 3 heterocycles. The van der Waals surface area contributed by atoms with E-state index >= 15 is 0 Å². The number of carbonyl (C=O) groups excluding carboxylic acids is 1. The lowest BCUT2D eigenvalue weighted by atomic mass is 10.2. The Morgan fingerprint density at radius 3 is 2.74 bits per heavy atom. The summed E-state index contributed by atoms with van der Waals surface area (Å²) in [5.74, 6) is 0.165. The van der Waals surface area contributed by atoms with Crippen molar-refractivity contribution < 1.29 is 4.79 Å².